The predicted molar refractivity (Wildman–Crippen MR) is 107 cm³/mol. The number of nitroso groups, excluding NO2 is 1. The summed E-state index contributed by atoms with van der Waals surface area (Å²) < 4.78 is 18.5. The summed E-state index contributed by atoms with van der Waals surface area (Å²) in [4.78, 5) is 12.9. The van der Waals surface area contributed by atoms with Crippen molar-refractivity contribution < 1.29 is 19.0 Å². The maximum Gasteiger partial charge on any atom is 0.419 e. The van der Waals surface area contributed by atoms with Crippen molar-refractivity contribution in [3.8, 4) is 0 Å². The lowest BCUT2D eigenvalue weighted by molar-refractivity contribution is -0.464. The van der Waals surface area contributed by atoms with Crippen molar-refractivity contribution in [2.24, 2.45) is 17.3 Å². The van der Waals surface area contributed by atoms with Crippen LogP contribution in [-0.4, -0.2) is 24.6 Å². The van der Waals surface area contributed by atoms with Crippen LogP contribution in [0.5, 0.6) is 0 Å². The van der Waals surface area contributed by atoms with Gasteiger partial charge in [0.1, 0.15) is 4.76 Å². The van der Waals surface area contributed by atoms with E-state index in [1.165, 1.54) is 11.1 Å². The summed E-state index contributed by atoms with van der Waals surface area (Å²) in [5.74, 6) is 3.04. The Hall–Kier alpha value is -2.30. The molecule has 150 valence electrons. The summed E-state index contributed by atoms with van der Waals surface area (Å²) in [7, 11) is 0. The Bertz CT molecular complexity index is 845. The highest BCUT2D eigenvalue weighted by molar-refractivity contribution is 5.57. The van der Waals surface area contributed by atoms with Crippen LogP contribution >= 0.6 is 0 Å². The Balaban J connectivity index is 1.97. The Morgan fingerprint density at radius 3 is 2.46 bits per heavy atom. The SMILES string of the molecule is CCOC1=CC2=C3CC4CC2(C=C1OCC)/C=C(/OCC)[N+](=O)/C=C\3CC4C. The molecular weight excluding hydrogens is 354 g/mol. The van der Waals surface area contributed by atoms with Crippen LogP contribution in [0.3, 0.4) is 0 Å². The van der Waals surface area contributed by atoms with Gasteiger partial charge in [0.2, 0.25) is 6.20 Å². The highest BCUT2D eigenvalue weighted by atomic mass is 16.5. The largest absolute Gasteiger partial charge is 0.490 e. The Kier molecular flexibility index (Phi) is 4.94. The van der Waals surface area contributed by atoms with E-state index < -0.39 is 5.41 Å². The van der Waals surface area contributed by atoms with Crippen molar-refractivity contribution >= 4 is 0 Å². The Labute approximate surface area is 167 Å². The number of allylic oxidation sites excluding steroid dienone is 6. The minimum Gasteiger partial charge on any atom is -0.490 e. The first-order chi connectivity index (χ1) is 13.5. The van der Waals surface area contributed by atoms with Crippen molar-refractivity contribution in [1.82, 2.24) is 0 Å². The first kappa shape index (κ1) is 19.0. The van der Waals surface area contributed by atoms with Gasteiger partial charge in [-0.05, 0) is 75.2 Å². The smallest absolute Gasteiger partial charge is 0.419 e. The van der Waals surface area contributed by atoms with E-state index in [-0.39, 0.29) is 0 Å². The molecule has 1 aliphatic heterocycles. The van der Waals surface area contributed by atoms with E-state index in [1.807, 2.05) is 26.8 Å². The number of rotatable bonds is 6. The van der Waals surface area contributed by atoms with Crippen molar-refractivity contribution in [1.29, 1.82) is 0 Å². The van der Waals surface area contributed by atoms with Crippen LogP contribution in [0, 0.1) is 22.2 Å². The number of hydrogen-bond acceptors (Lipinski definition) is 4. The summed E-state index contributed by atoms with van der Waals surface area (Å²) >= 11 is 0. The summed E-state index contributed by atoms with van der Waals surface area (Å²) in [5.41, 5.74) is 3.26. The summed E-state index contributed by atoms with van der Waals surface area (Å²) in [6.45, 7) is 9.78. The van der Waals surface area contributed by atoms with Gasteiger partial charge in [0, 0.05) is 22.0 Å². The van der Waals surface area contributed by atoms with Crippen LogP contribution in [0.4, 0.5) is 0 Å². The van der Waals surface area contributed by atoms with Gasteiger partial charge in [0.05, 0.1) is 19.8 Å². The van der Waals surface area contributed by atoms with Crippen LogP contribution in [0.2, 0.25) is 0 Å². The highest BCUT2D eigenvalue weighted by Gasteiger charge is 2.49. The van der Waals surface area contributed by atoms with Crippen LogP contribution in [0.25, 0.3) is 0 Å². The van der Waals surface area contributed by atoms with Crippen molar-refractivity contribution in [2.75, 3.05) is 19.8 Å². The summed E-state index contributed by atoms with van der Waals surface area (Å²) in [6.07, 6.45) is 10.9. The van der Waals surface area contributed by atoms with Gasteiger partial charge in [-0.15, -0.1) is 0 Å². The molecule has 3 atom stereocenters. The summed E-state index contributed by atoms with van der Waals surface area (Å²) in [5, 5.41) is 0. The molecule has 3 aliphatic carbocycles. The van der Waals surface area contributed by atoms with Crippen LogP contribution < -0.4 is 0 Å². The standard InChI is InChI=1S/C23H30NO4/c1-5-26-20-10-19-18-9-16-11-23(19,12-21(20)27-6-2)13-22(28-7-3)24(25)14-17(18)8-15(16)4/h10,12-16H,5-9,11H2,1-4H3/q+1/b17-14-,22-13+. The van der Waals surface area contributed by atoms with Gasteiger partial charge in [-0.3, -0.25) is 0 Å². The molecule has 0 N–H and O–H groups in total. The molecule has 1 saturated carbocycles. The van der Waals surface area contributed by atoms with Crippen molar-refractivity contribution in [2.45, 2.75) is 47.0 Å². The average molecular weight is 384 g/mol. The van der Waals surface area contributed by atoms with E-state index in [0.29, 0.717) is 37.5 Å². The molecule has 0 radical (unpaired) electrons. The minimum atomic E-state index is -0.398. The maximum atomic E-state index is 12.9. The van der Waals surface area contributed by atoms with Gasteiger partial charge in [0.25, 0.3) is 0 Å². The lowest BCUT2D eigenvalue weighted by Crippen LogP contribution is -2.38. The van der Waals surface area contributed by atoms with E-state index in [1.54, 1.807) is 6.20 Å². The van der Waals surface area contributed by atoms with Gasteiger partial charge in [-0.1, -0.05) is 6.92 Å². The molecule has 3 bridgehead atoms. The number of fused-ring (bicyclic) bond motifs is 1. The van der Waals surface area contributed by atoms with Crippen molar-refractivity contribution in [3.05, 3.63) is 63.5 Å². The first-order valence-corrected chi connectivity index (χ1v) is 10.5. The molecule has 5 heteroatoms. The first-order valence-electron chi connectivity index (χ1n) is 10.5. The van der Waals surface area contributed by atoms with Gasteiger partial charge in [-0.2, -0.15) is 0 Å². The molecule has 0 amide bonds. The average Bonchev–Trinajstić information content (AvgIpc) is 2.66. The fraction of sp³-hybridized carbons (Fsp3) is 0.565. The fourth-order valence-corrected chi connectivity index (χ4v) is 5.07. The molecule has 4 aliphatic rings. The lowest BCUT2D eigenvalue weighted by Gasteiger charge is -2.47. The summed E-state index contributed by atoms with van der Waals surface area (Å²) in [6, 6.07) is 0. The maximum absolute atomic E-state index is 12.9. The predicted octanol–water partition coefficient (Wildman–Crippen LogP) is 5.13. The minimum absolute atomic E-state index is 0.368. The third-order valence-corrected chi connectivity index (χ3v) is 6.30. The Morgan fingerprint density at radius 2 is 1.75 bits per heavy atom. The second kappa shape index (κ2) is 7.26. The zero-order valence-electron chi connectivity index (χ0n) is 17.3. The normalized spacial score (nSPS) is 34.8. The van der Waals surface area contributed by atoms with Crippen LogP contribution in [-0.2, 0) is 14.2 Å². The molecular formula is C23H30NO4+. The molecule has 5 nitrogen and oxygen atoms in total. The zero-order valence-corrected chi connectivity index (χ0v) is 17.3. The molecule has 1 fully saturated rings. The second-order valence-electron chi connectivity index (χ2n) is 8.06. The van der Waals surface area contributed by atoms with Crippen molar-refractivity contribution in [3.63, 3.8) is 0 Å². The van der Waals surface area contributed by atoms with Gasteiger partial charge >= 0.3 is 5.88 Å². The number of hydrogen-bond donors (Lipinski definition) is 0. The third-order valence-electron chi connectivity index (χ3n) is 6.30. The zero-order chi connectivity index (χ0) is 19.9. The molecule has 4 rings (SSSR count). The molecule has 0 aromatic rings. The molecule has 0 aromatic heterocycles. The van der Waals surface area contributed by atoms with Crippen LogP contribution in [0.1, 0.15) is 47.0 Å². The van der Waals surface area contributed by atoms with E-state index in [0.717, 1.165) is 41.1 Å². The molecule has 28 heavy (non-hydrogen) atoms. The van der Waals surface area contributed by atoms with Gasteiger partial charge in [0.15, 0.2) is 11.5 Å². The lowest BCUT2D eigenvalue weighted by atomic mass is 9.57. The van der Waals surface area contributed by atoms with E-state index in [9.17, 15) is 4.91 Å². The topological polar surface area (TPSA) is 47.8 Å². The van der Waals surface area contributed by atoms with Gasteiger partial charge < -0.3 is 14.2 Å². The van der Waals surface area contributed by atoms with E-state index in [4.69, 9.17) is 14.2 Å². The van der Waals surface area contributed by atoms with Gasteiger partial charge in [-0.25, -0.2) is 0 Å². The number of ether oxygens (including phenoxy) is 3. The van der Waals surface area contributed by atoms with E-state index >= 15 is 0 Å². The fourth-order valence-electron chi connectivity index (χ4n) is 5.07. The molecule has 3 unspecified atom stereocenters. The third kappa shape index (κ3) is 3.01. The van der Waals surface area contributed by atoms with Crippen LogP contribution in [0.15, 0.2) is 58.5 Å². The number of nitrogens with zero attached hydrogens (tertiary/aromatic N) is 1. The van der Waals surface area contributed by atoms with E-state index in [2.05, 4.69) is 19.1 Å². The molecule has 0 saturated heterocycles. The molecule has 1 heterocycles. The molecule has 0 aromatic carbocycles. The highest BCUT2D eigenvalue weighted by Crippen LogP contribution is 2.57. The monoisotopic (exact) mass is 384 g/mol. The Morgan fingerprint density at radius 1 is 1.04 bits per heavy atom. The second-order valence-corrected chi connectivity index (χ2v) is 8.06. The quantitative estimate of drug-likeness (QED) is 0.596. The molecule has 0 spiro atoms.